The van der Waals surface area contributed by atoms with E-state index in [0.717, 1.165) is 51.9 Å². The van der Waals surface area contributed by atoms with Crippen molar-refractivity contribution < 1.29 is 19.1 Å². The van der Waals surface area contributed by atoms with Crippen LogP contribution in [-0.4, -0.2) is 82.4 Å². The van der Waals surface area contributed by atoms with Gasteiger partial charge in [0, 0.05) is 52.1 Å². The lowest BCUT2D eigenvalue weighted by Crippen LogP contribution is -2.47. The molecule has 2 fully saturated rings. The van der Waals surface area contributed by atoms with Gasteiger partial charge in [0.1, 0.15) is 0 Å². The molecular weight excluding hydrogens is 396 g/mol. The molecule has 0 saturated carbocycles. The smallest absolute Gasteiger partial charge is 0.309 e. The first kappa shape index (κ1) is 22.0. The number of carbonyl (C=O) groups excluding carboxylic acids is 2. The summed E-state index contributed by atoms with van der Waals surface area (Å²) in [4.78, 5) is 29.3. The van der Waals surface area contributed by atoms with E-state index in [1.807, 2.05) is 0 Å². The van der Waals surface area contributed by atoms with Crippen LogP contribution in [-0.2, 0) is 25.5 Å². The third-order valence-electron chi connectivity index (χ3n) is 6.50. The zero-order valence-electron chi connectivity index (χ0n) is 18.4. The summed E-state index contributed by atoms with van der Waals surface area (Å²) in [5.74, 6) is -1.18. The van der Waals surface area contributed by atoms with Crippen LogP contribution in [0.4, 0.5) is 5.69 Å². The average molecular weight is 431 g/mol. The number of anilines is 1. The van der Waals surface area contributed by atoms with Gasteiger partial charge in [0.05, 0.1) is 25.4 Å². The SMILES string of the molecule is CN1CCCc2cc([C@H](CNC(=O)C(=O)NC[C@H]3CCCO3)N3CCOCC3)ccc21. The minimum Gasteiger partial charge on any atom is -0.379 e. The Hall–Kier alpha value is -2.16. The van der Waals surface area contributed by atoms with E-state index in [1.54, 1.807) is 0 Å². The maximum absolute atomic E-state index is 12.4. The molecule has 3 aliphatic rings. The van der Waals surface area contributed by atoms with Gasteiger partial charge in [-0.2, -0.15) is 0 Å². The van der Waals surface area contributed by atoms with Crippen molar-refractivity contribution in [3.8, 4) is 0 Å². The number of nitrogens with zero attached hydrogens (tertiary/aromatic N) is 2. The largest absolute Gasteiger partial charge is 0.379 e. The number of hydrogen-bond donors (Lipinski definition) is 2. The van der Waals surface area contributed by atoms with Gasteiger partial charge in [-0.3, -0.25) is 14.5 Å². The molecule has 2 saturated heterocycles. The summed E-state index contributed by atoms with van der Waals surface area (Å²) in [7, 11) is 2.13. The Morgan fingerprint density at radius 3 is 2.68 bits per heavy atom. The number of amides is 2. The average Bonchev–Trinajstić information content (AvgIpc) is 3.32. The number of nitrogens with one attached hydrogen (secondary N) is 2. The monoisotopic (exact) mass is 430 g/mol. The highest BCUT2D eigenvalue weighted by atomic mass is 16.5. The molecular formula is C23H34N4O4. The van der Waals surface area contributed by atoms with E-state index in [0.29, 0.717) is 26.3 Å². The molecule has 0 bridgehead atoms. The molecule has 0 unspecified atom stereocenters. The van der Waals surface area contributed by atoms with E-state index in [4.69, 9.17) is 9.47 Å². The van der Waals surface area contributed by atoms with Gasteiger partial charge in [0.25, 0.3) is 0 Å². The van der Waals surface area contributed by atoms with Crippen LogP contribution in [0.1, 0.15) is 36.4 Å². The molecule has 0 spiro atoms. The molecule has 1 aromatic carbocycles. The number of carbonyl (C=O) groups is 2. The number of fused-ring (bicyclic) bond motifs is 1. The molecule has 2 N–H and O–H groups in total. The van der Waals surface area contributed by atoms with Crippen molar-refractivity contribution in [2.45, 2.75) is 37.8 Å². The van der Waals surface area contributed by atoms with E-state index in [-0.39, 0.29) is 12.1 Å². The lowest BCUT2D eigenvalue weighted by atomic mass is 9.95. The first-order chi connectivity index (χ1) is 15.1. The molecule has 0 aromatic heterocycles. The number of ether oxygens (including phenoxy) is 2. The van der Waals surface area contributed by atoms with Gasteiger partial charge in [-0.25, -0.2) is 0 Å². The second-order valence-electron chi connectivity index (χ2n) is 8.63. The van der Waals surface area contributed by atoms with Crippen molar-refractivity contribution in [1.82, 2.24) is 15.5 Å². The van der Waals surface area contributed by atoms with Crippen LogP contribution < -0.4 is 15.5 Å². The summed E-state index contributed by atoms with van der Waals surface area (Å²) in [6.07, 6.45) is 4.17. The Balaban J connectivity index is 1.40. The van der Waals surface area contributed by atoms with Crippen LogP contribution in [0.15, 0.2) is 18.2 Å². The Kier molecular flexibility index (Phi) is 7.42. The van der Waals surface area contributed by atoms with Gasteiger partial charge in [0.2, 0.25) is 0 Å². The summed E-state index contributed by atoms with van der Waals surface area (Å²) in [5, 5.41) is 5.56. The van der Waals surface area contributed by atoms with Gasteiger partial charge < -0.3 is 25.0 Å². The lowest BCUT2D eigenvalue weighted by molar-refractivity contribution is -0.139. The zero-order chi connectivity index (χ0) is 21.6. The number of hydrogen-bond acceptors (Lipinski definition) is 6. The minimum atomic E-state index is -0.594. The number of aryl methyl sites for hydroxylation is 1. The normalized spacial score (nSPS) is 22.6. The van der Waals surface area contributed by atoms with E-state index in [1.165, 1.54) is 16.8 Å². The van der Waals surface area contributed by atoms with Crippen molar-refractivity contribution in [1.29, 1.82) is 0 Å². The number of morpholine rings is 1. The van der Waals surface area contributed by atoms with Crippen LogP contribution in [0.5, 0.6) is 0 Å². The highest BCUT2D eigenvalue weighted by Crippen LogP contribution is 2.30. The van der Waals surface area contributed by atoms with Crippen molar-refractivity contribution in [2.75, 3.05) is 64.5 Å². The summed E-state index contributed by atoms with van der Waals surface area (Å²) in [5.41, 5.74) is 3.81. The van der Waals surface area contributed by atoms with Crippen LogP contribution >= 0.6 is 0 Å². The Morgan fingerprint density at radius 1 is 1.10 bits per heavy atom. The van der Waals surface area contributed by atoms with Crippen LogP contribution in [0.2, 0.25) is 0 Å². The fraction of sp³-hybridized carbons (Fsp3) is 0.652. The molecule has 8 nitrogen and oxygen atoms in total. The first-order valence-electron chi connectivity index (χ1n) is 11.4. The zero-order valence-corrected chi connectivity index (χ0v) is 18.4. The van der Waals surface area contributed by atoms with E-state index in [2.05, 4.69) is 45.7 Å². The quantitative estimate of drug-likeness (QED) is 0.652. The third-order valence-corrected chi connectivity index (χ3v) is 6.50. The molecule has 0 radical (unpaired) electrons. The Labute approximate surface area is 184 Å². The van der Waals surface area contributed by atoms with Crippen molar-refractivity contribution in [3.63, 3.8) is 0 Å². The summed E-state index contributed by atoms with van der Waals surface area (Å²) >= 11 is 0. The van der Waals surface area contributed by atoms with Crippen LogP contribution in [0.25, 0.3) is 0 Å². The summed E-state index contributed by atoms with van der Waals surface area (Å²) in [6, 6.07) is 6.63. The Morgan fingerprint density at radius 2 is 1.90 bits per heavy atom. The summed E-state index contributed by atoms with van der Waals surface area (Å²) in [6.45, 7) is 5.56. The number of benzene rings is 1. The van der Waals surface area contributed by atoms with Gasteiger partial charge in [0.15, 0.2) is 0 Å². The fourth-order valence-electron chi connectivity index (χ4n) is 4.72. The van der Waals surface area contributed by atoms with Gasteiger partial charge in [-0.05, 0) is 42.9 Å². The molecule has 31 heavy (non-hydrogen) atoms. The molecule has 0 aliphatic carbocycles. The maximum atomic E-state index is 12.4. The maximum Gasteiger partial charge on any atom is 0.309 e. The topological polar surface area (TPSA) is 83.1 Å². The highest BCUT2D eigenvalue weighted by molar-refractivity contribution is 6.35. The molecule has 170 valence electrons. The Bertz CT molecular complexity index is 775. The van der Waals surface area contributed by atoms with E-state index in [9.17, 15) is 9.59 Å². The molecule has 1 aromatic rings. The highest BCUT2D eigenvalue weighted by Gasteiger charge is 2.26. The summed E-state index contributed by atoms with van der Waals surface area (Å²) < 4.78 is 11.0. The van der Waals surface area contributed by atoms with E-state index >= 15 is 0 Å². The predicted octanol–water partition coefficient (Wildman–Crippen LogP) is 0.854. The van der Waals surface area contributed by atoms with Crippen LogP contribution in [0.3, 0.4) is 0 Å². The first-order valence-corrected chi connectivity index (χ1v) is 11.4. The van der Waals surface area contributed by atoms with Crippen molar-refractivity contribution in [2.24, 2.45) is 0 Å². The molecule has 4 rings (SSSR count). The molecule has 2 amide bonds. The molecule has 2 atom stereocenters. The molecule has 8 heteroatoms. The van der Waals surface area contributed by atoms with Crippen molar-refractivity contribution in [3.05, 3.63) is 29.3 Å². The minimum absolute atomic E-state index is 0.0105. The fourth-order valence-corrected chi connectivity index (χ4v) is 4.72. The predicted molar refractivity (Wildman–Crippen MR) is 118 cm³/mol. The number of rotatable bonds is 6. The second-order valence-corrected chi connectivity index (χ2v) is 8.63. The van der Waals surface area contributed by atoms with Crippen molar-refractivity contribution >= 4 is 17.5 Å². The molecule has 3 aliphatic heterocycles. The van der Waals surface area contributed by atoms with Crippen LogP contribution in [0, 0.1) is 0 Å². The standard InChI is InChI=1S/C23H34N4O4/c1-26-8-2-4-17-14-18(6-7-20(17)26)21(27-9-12-30-13-10-27)16-25-23(29)22(28)24-15-19-5-3-11-31-19/h6-7,14,19,21H,2-5,8-13,15-16H2,1H3,(H,24,28)(H,25,29)/t19-,21+/m1/s1. The van der Waals surface area contributed by atoms with Gasteiger partial charge >= 0.3 is 11.8 Å². The second kappa shape index (κ2) is 10.4. The van der Waals surface area contributed by atoms with Gasteiger partial charge in [-0.1, -0.05) is 12.1 Å². The van der Waals surface area contributed by atoms with E-state index < -0.39 is 11.8 Å². The van der Waals surface area contributed by atoms with Gasteiger partial charge in [-0.15, -0.1) is 0 Å². The third kappa shape index (κ3) is 5.56. The lowest BCUT2D eigenvalue weighted by Gasteiger charge is -2.36. The molecule has 3 heterocycles.